The van der Waals surface area contributed by atoms with Crippen LogP contribution in [0, 0.1) is 5.41 Å². The van der Waals surface area contributed by atoms with Crippen molar-refractivity contribution in [3.05, 3.63) is 11.6 Å². The van der Waals surface area contributed by atoms with Gasteiger partial charge in [0, 0.05) is 6.54 Å². The molecule has 2 N–H and O–H groups in total. The Labute approximate surface area is 57.9 Å². The summed E-state index contributed by atoms with van der Waals surface area (Å²) in [5.41, 5.74) is 7.10. The van der Waals surface area contributed by atoms with Crippen LogP contribution in [0.5, 0.6) is 0 Å². The highest BCUT2D eigenvalue weighted by Gasteiger charge is 2.15. The van der Waals surface area contributed by atoms with Gasteiger partial charge < -0.3 is 5.73 Å². The van der Waals surface area contributed by atoms with Gasteiger partial charge in [-0.1, -0.05) is 25.5 Å². The first-order valence-electron chi connectivity index (χ1n) is 3.38. The maximum absolute atomic E-state index is 5.54. The predicted octanol–water partition coefficient (Wildman–Crippen LogP) is 1.94. The number of hydrogen-bond donors (Lipinski definition) is 1. The molecule has 0 atom stereocenters. The lowest BCUT2D eigenvalue weighted by Crippen LogP contribution is -2.24. The van der Waals surface area contributed by atoms with Crippen LogP contribution in [0.3, 0.4) is 0 Å². The lowest BCUT2D eigenvalue weighted by atomic mass is 9.85. The molecule has 0 radical (unpaired) electrons. The Morgan fingerprint density at radius 1 is 1.56 bits per heavy atom. The Morgan fingerprint density at radius 3 is 2.11 bits per heavy atom. The van der Waals surface area contributed by atoms with Gasteiger partial charge in [-0.2, -0.15) is 0 Å². The van der Waals surface area contributed by atoms with Crippen molar-refractivity contribution in [2.45, 2.75) is 27.7 Å². The Hall–Kier alpha value is -0.300. The fourth-order valence-electron chi connectivity index (χ4n) is 0.552. The van der Waals surface area contributed by atoms with Gasteiger partial charge in [-0.05, 0) is 19.3 Å². The standard InChI is InChI=1S/C8H17N/c1-5-7(2)8(3,4)6-9/h5H,6,9H2,1-4H3/b7-5+. The Morgan fingerprint density at radius 2 is 2.00 bits per heavy atom. The normalized spacial score (nSPS) is 14.1. The van der Waals surface area contributed by atoms with E-state index in [1.54, 1.807) is 0 Å². The Balaban J connectivity index is 4.14. The van der Waals surface area contributed by atoms with Gasteiger partial charge in [0.1, 0.15) is 0 Å². The minimum absolute atomic E-state index is 0.189. The van der Waals surface area contributed by atoms with Crippen LogP contribution < -0.4 is 5.73 Å². The van der Waals surface area contributed by atoms with Crippen LogP contribution in [0.2, 0.25) is 0 Å². The molecular formula is C8H17N. The largest absolute Gasteiger partial charge is 0.330 e. The molecule has 0 aromatic heterocycles. The van der Waals surface area contributed by atoms with E-state index in [1.807, 2.05) is 6.92 Å². The van der Waals surface area contributed by atoms with Gasteiger partial charge in [-0.25, -0.2) is 0 Å². The van der Waals surface area contributed by atoms with Crippen LogP contribution >= 0.6 is 0 Å². The summed E-state index contributed by atoms with van der Waals surface area (Å²) < 4.78 is 0. The summed E-state index contributed by atoms with van der Waals surface area (Å²) in [6.45, 7) is 9.20. The highest BCUT2D eigenvalue weighted by atomic mass is 14.6. The average molecular weight is 127 g/mol. The molecule has 9 heavy (non-hydrogen) atoms. The van der Waals surface area contributed by atoms with Crippen molar-refractivity contribution in [3.63, 3.8) is 0 Å². The zero-order valence-electron chi connectivity index (χ0n) is 6.86. The van der Waals surface area contributed by atoms with E-state index in [4.69, 9.17) is 5.73 Å². The molecule has 0 aromatic carbocycles. The maximum atomic E-state index is 5.54. The summed E-state index contributed by atoms with van der Waals surface area (Å²) in [5, 5.41) is 0. The van der Waals surface area contributed by atoms with Gasteiger partial charge in [-0.3, -0.25) is 0 Å². The smallest absolute Gasteiger partial charge is 0.00114 e. The summed E-state index contributed by atoms with van der Waals surface area (Å²) in [6.07, 6.45) is 2.12. The average Bonchev–Trinajstić information content (AvgIpc) is 1.86. The minimum Gasteiger partial charge on any atom is -0.330 e. The molecule has 0 heterocycles. The van der Waals surface area contributed by atoms with Crippen LogP contribution in [0.1, 0.15) is 27.7 Å². The summed E-state index contributed by atoms with van der Waals surface area (Å²) in [5.74, 6) is 0. The molecule has 0 unspecified atom stereocenters. The van der Waals surface area contributed by atoms with Gasteiger partial charge in [0.05, 0.1) is 0 Å². The topological polar surface area (TPSA) is 26.0 Å². The zero-order chi connectivity index (χ0) is 7.49. The summed E-state index contributed by atoms with van der Waals surface area (Å²) in [4.78, 5) is 0. The van der Waals surface area contributed by atoms with Crippen molar-refractivity contribution in [2.75, 3.05) is 6.54 Å². The minimum atomic E-state index is 0.189. The monoisotopic (exact) mass is 127 g/mol. The molecule has 54 valence electrons. The Kier molecular flexibility index (Phi) is 2.92. The van der Waals surface area contributed by atoms with Crippen molar-refractivity contribution in [1.29, 1.82) is 0 Å². The van der Waals surface area contributed by atoms with Crippen LogP contribution in [0.25, 0.3) is 0 Å². The van der Waals surface area contributed by atoms with Gasteiger partial charge in [0.2, 0.25) is 0 Å². The molecule has 0 spiro atoms. The highest BCUT2D eigenvalue weighted by molar-refractivity contribution is 5.07. The first-order valence-corrected chi connectivity index (χ1v) is 3.38. The van der Waals surface area contributed by atoms with Crippen LogP contribution in [-0.2, 0) is 0 Å². The number of rotatable bonds is 2. The molecular weight excluding hydrogens is 110 g/mol. The van der Waals surface area contributed by atoms with E-state index in [0.29, 0.717) is 0 Å². The van der Waals surface area contributed by atoms with E-state index in [0.717, 1.165) is 6.54 Å². The molecule has 0 bridgehead atoms. The summed E-state index contributed by atoms with van der Waals surface area (Å²) in [7, 11) is 0. The fraction of sp³-hybridized carbons (Fsp3) is 0.750. The van der Waals surface area contributed by atoms with E-state index in [2.05, 4.69) is 26.8 Å². The molecule has 0 saturated carbocycles. The van der Waals surface area contributed by atoms with E-state index in [9.17, 15) is 0 Å². The van der Waals surface area contributed by atoms with Gasteiger partial charge >= 0.3 is 0 Å². The summed E-state index contributed by atoms with van der Waals surface area (Å²) in [6, 6.07) is 0. The van der Waals surface area contributed by atoms with Gasteiger partial charge in [0.15, 0.2) is 0 Å². The van der Waals surface area contributed by atoms with Crippen molar-refractivity contribution in [1.82, 2.24) is 0 Å². The van der Waals surface area contributed by atoms with Gasteiger partial charge in [-0.15, -0.1) is 0 Å². The van der Waals surface area contributed by atoms with E-state index >= 15 is 0 Å². The molecule has 0 saturated heterocycles. The molecule has 0 fully saturated rings. The van der Waals surface area contributed by atoms with Crippen molar-refractivity contribution >= 4 is 0 Å². The third-order valence-corrected chi connectivity index (χ3v) is 2.01. The second kappa shape index (κ2) is 3.02. The lowest BCUT2D eigenvalue weighted by Gasteiger charge is -2.22. The van der Waals surface area contributed by atoms with Crippen molar-refractivity contribution in [2.24, 2.45) is 11.1 Å². The van der Waals surface area contributed by atoms with Crippen LogP contribution in [0.15, 0.2) is 11.6 Å². The fourth-order valence-corrected chi connectivity index (χ4v) is 0.552. The van der Waals surface area contributed by atoms with Crippen LogP contribution in [0.4, 0.5) is 0 Å². The lowest BCUT2D eigenvalue weighted by molar-refractivity contribution is 0.460. The number of nitrogens with two attached hydrogens (primary N) is 1. The predicted molar refractivity (Wildman–Crippen MR) is 42.3 cm³/mol. The zero-order valence-corrected chi connectivity index (χ0v) is 6.86. The second-order valence-corrected chi connectivity index (χ2v) is 3.06. The molecule has 0 rings (SSSR count). The van der Waals surface area contributed by atoms with Crippen molar-refractivity contribution < 1.29 is 0 Å². The highest BCUT2D eigenvalue weighted by Crippen LogP contribution is 2.23. The second-order valence-electron chi connectivity index (χ2n) is 3.06. The number of allylic oxidation sites excluding steroid dienone is 1. The molecule has 0 aliphatic rings. The Bertz CT molecular complexity index is 112. The molecule has 1 heteroatoms. The maximum Gasteiger partial charge on any atom is 0.00114 e. The molecule has 0 aliphatic heterocycles. The molecule has 0 aromatic rings. The third kappa shape index (κ3) is 2.19. The first kappa shape index (κ1) is 8.70. The first-order chi connectivity index (χ1) is 4.04. The van der Waals surface area contributed by atoms with E-state index in [-0.39, 0.29) is 5.41 Å². The molecule has 1 nitrogen and oxygen atoms in total. The van der Waals surface area contributed by atoms with Crippen LogP contribution in [-0.4, -0.2) is 6.54 Å². The molecule has 0 amide bonds. The summed E-state index contributed by atoms with van der Waals surface area (Å²) >= 11 is 0. The van der Waals surface area contributed by atoms with E-state index < -0.39 is 0 Å². The van der Waals surface area contributed by atoms with Gasteiger partial charge in [0.25, 0.3) is 0 Å². The SMILES string of the molecule is C/C=C(\C)C(C)(C)CN. The quantitative estimate of drug-likeness (QED) is 0.564. The molecule has 0 aliphatic carbocycles. The number of hydrogen-bond acceptors (Lipinski definition) is 1. The third-order valence-electron chi connectivity index (χ3n) is 2.01. The van der Waals surface area contributed by atoms with E-state index in [1.165, 1.54) is 5.57 Å². The van der Waals surface area contributed by atoms with Crippen molar-refractivity contribution in [3.8, 4) is 0 Å².